The van der Waals surface area contributed by atoms with E-state index in [4.69, 9.17) is 4.74 Å². The maximum absolute atomic E-state index is 13.7. The molecule has 3 N–H and O–H groups in total. The number of hydrogen-bond donors (Lipinski definition) is 3. The van der Waals surface area contributed by atoms with E-state index in [1.807, 2.05) is 0 Å². The fourth-order valence-electron chi connectivity index (χ4n) is 6.99. The quantitative estimate of drug-likeness (QED) is 0.113. The summed E-state index contributed by atoms with van der Waals surface area (Å²) in [6.45, 7) is 2.87. The number of nitrogens with zero attached hydrogens (tertiary/aromatic N) is 2. The molecule has 0 aromatic heterocycles. The number of benzene rings is 1. The second kappa shape index (κ2) is 22.2. The van der Waals surface area contributed by atoms with Gasteiger partial charge in [-0.15, -0.1) is 0 Å². The maximum Gasteiger partial charge on any atom is 0.328 e. The number of phenolic OH excluding ortho intramolecular Hbond substituents is 1. The molecule has 0 spiro atoms. The molecule has 0 saturated carbocycles. The summed E-state index contributed by atoms with van der Waals surface area (Å²) in [6, 6.07) is 4.02. The van der Waals surface area contributed by atoms with Crippen LogP contribution in [-0.4, -0.2) is 89.4 Å². The Balaban J connectivity index is 1.37. The van der Waals surface area contributed by atoms with Crippen molar-refractivity contribution >= 4 is 29.6 Å². The van der Waals surface area contributed by atoms with E-state index in [2.05, 4.69) is 17.6 Å². The van der Waals surface area contributed by atoms with Gasteiger partial charge in [-0.3, -0.25) is 19.2 Å². The average molecular weight is 685 g/mol. The summed E-state index contributed by atoms with van der Waals surface area (Å²) >= 11 is 0. The van der Waals surface area contributed by atoms with Gasteiger partial charge in [0.05, 0.1) is 13.7 Å². The lowest BCUT2D eigenvalue weighted by Gasteiger charge is -2.31. The van der Waals surface area contributed by atoms with E-state index in [1.165, 1.54) is 83.5 Å². The van der Waals surface area contributed by atoms with Crippen molar-refractivity contribution in [1.29, 1.82) is 0 Å². The van der Waals surface area contributed by atoms with E-state index in [9.17, 15) is 29.1 Å². The first-order chi connectivity index (χ1) is 23.7. The van der Waals surface area contributed by atoms with Gasteiger partial charge in [-0.1, -0.05) is 96.1 Å². The van der Waals surface area contributed by atoms with Gasteiger partial charge >= 0.3 is 5.97 Å². The minimum absolute atomic E-state index is 0.0169. The largest absolute Gasteiger partial charge is 0.508 e. The molecule has 0 bridgehead atoms. The molecule has 3 atom stereocenters. The molecule has 0 radical (unpaired) electrons. The summed E-state index contributed by atoms with van der Waals surface area (Å²) in [7, 11) is 1.23. The summed E-state index contributed by atoms with van der Waals surface area (Å²) in [5.41, 5.74) is 0.710. The molecule has 3 rings (SSSR count). The van der Waals surface area contributed by atoms with E-state index in [-0.39, 0.29) is 30.5 Å². The first-order valence-electron chi connectivity index (χ1n) is 18.8. The minimum Gasteiger partial charge on any atom is -0.508 e. The fraction of sp³-hybridized carbons (Fsp3) is 0.711. The summed E-state index contributed by atoms with van der Waals surface area (Å²) in [4.78, 5) is 68.3. The van der Waals surface area contributed by atoms with E-state index in [0.717, 1.165) is 25.7 Å². The number of aromatic hydroxyl groups is 1. The van der Waals surface area contributed by atoms with Crippen LogP contribution in [0.2, 0.25) is 0 Å². The number of esters is 1. The van der Waals surface area contributed by atoms with E-state index in [1.54, 1.807) is 21.9 Å². The van der Waals surface area contributed by atoms with Gasteiger partial charge in [0.15, 0.2) is 0 Å². The Bertz CT molecular complexity index is 1190. The first-order valence-corrected chi connectivity index (χ1v) is 18.8. The molecule has 2 aliphatic heterocycles. The standard InChI is InChI=1S/C38H60N4O7/c1-3-4-5-6-7-8-9-10-11-12-13-14-15-20-35(45)41-25-17-19-33(41)37(47)42-26-16-18-32(42)36(46)39-28-34(44)40-31(38(48)49-2)27-29-21-23-30(43)24-22-29/h21-24,31-33,43H,3-20,25-28H2,1-2H3,(H,39,46)(H,40,44)/t31-,32-,33-/m0/s1. The third-order valence-electron chi connectivity index (χ3n) is 9.81. The number of likely N-dealkylation sites (tertiary alicyclic amines) is 2. The van der Waals surface area contributed by atoms with Crippen molar-refractivity contribution in [2.24, 2.45) is 0 Å². The van der Waals surface area contributed by atoms with Crippen molar-refractivity contribution < 1.29 is 33.8 Å². The van der Waals surface area contributed by atoms with Crippen molar-refractivity contribution in [3.8, 4) is 5.75 Å². The van der Waals surface area contributed by atoms with Crippen LogP contribution in [0, 0.1) is 0 Å². The number of hydrogen-bond acceptors (Lipinski definition) is 7. The Morgan fingerprint density at radius 3 is 1.94 bits per heavy atom. The Labute approximate surface area is 292 Å². The number of carbonyl (C=O) groups is 5. The Hall–Kier alpha value is -3.63. The van der Waals surface area contributed by atoms with Gasteiger partial charge < -0.3 is 30.3 Å². The number of rotatable bonds is 22. The van der Waals surface area contributed by atoms with Crippen LogP contribution >= 0.6 is 0 Å². The molecule has 0 unspecified atom stereocenters. The Morgan fingerprint density at radius 1 is 0.796 bits per heavy atom. The van der Waals surface area contributed by atoms with Crippen LogP contribution in [0.3, 0.4) is 0 Å². The highest BCUT2D eigenvalue weighted by atomic mass is 16.5. The monoisotopic (exact) mass is 684 g/mol. The van der Waals surface area contributed by atoms with Gasteiger partial charge in [0.25, 0.3) is 0 Å². The molecular formula is C38H60N4O7. The molecule has 0 aliphatic carbocycles. The average Bonchev–Trinajstić information content (AvgIpc) is 3.80. The number of carbonyl (C=O) groups excluding carboxylic acids is 5. The van der Waals surface area contributed by atoms with Gasteiger partial charge in [-0.25, -0.2) is 4.79 Å². The molecule has 274 valence electrons. The molecule has 1 aromatic carbocycles. The lowest BCUT2D eigenvalue weighted by Crippen LogP contribution is -2.54. The number of nitrogens with one attached hydrogen (secondary N) is 2. The smallest absolute Gasteiger partial charge is 0.328 e. The summed E-state index contributed by atoms with van der Waals surface area (Å²) < 4.78 is 4.83. The molecule has 11 heteroatoms. The van der Waals surface area contributed by atoms with Crippen LogP contribution in [-0.2, 0) is 35.1 Å². The van der Waals surface area contributed by atoms with Gasteiger partial charge in [0.1, 0.15) is 23.9 Å². The van der Waals surface area contributed by atoms with Gasteiger partial charge in [0.2, 0.25) is 23.6 Å². The SMILES string of the molecule is CCCCCCCCCCCCCCCC(=O)N1CCC[C@H]1C(=O)N1CCC[C@H]1C(=O)NCC(=O)N[C@@H](Cc1ccc(O)cc1)C(=O)OC. The maximum atomic E-state index is 13.7. The minimum atomic E-state index is -0.978. The van der Waals surface area contributed by atoms with Crippen LogP contribution in [0.5, 0.6) is 5.75 Å². The second-order valence-electron chi connectivity index (χ2n) is 13.7. The van der Waals surface area contributed by atoms with Crippen LogP contribution in [0.25, 0.3) is 0 Å². The molecule has 1 aromatic rings. The van der Waals surface area contributed by atoms with E-state index >= 15 is 0 Å². The molecule has 2 aliphatic rings. The van der Waals surface area contributed by atoms with Crippen molar-refractivity contribution in [3.05, 3.63) is 29.8 Å². The third-order valence-corrected chi connectivity index (χ3v) is 9.81. The highest BCUT2D eigenvalue weighted by molar-refractivity contribution is 5.94. The van der Waals surface area contributed by atoms with Crippen LogP contribution in [0.15, 0.2) is 24.3 Å². The zero-order valence-electron chi connectivity index (χ0n) is 29.9. The molecule has 4 amide bonds. The topological polar surface area (TPSA) is 145 Å². The summed E-state index contributed by atoms with van der Waals surface area (Å²) in [5.74, 6) is -1.73. The van der Waals surface area contributed by atoms with Crippen molar-refractivity contribution in [1.82, 2.24) is 20.4 Å². The van der Waals surface area contributed by atoms with Crippen LogP contribution < -0.4 is 10.6 Å². The molecule has 2 saturated heterocycles. The highest BCUT2D eigenvalue weighted by Crippen LogP contribution is 2.26. The van der Waals surface area contributed by atoms with E-state index < -0.39 is 35.9 Å². The summed E-state index contributed by atoms with van der Waals surface area (Å²) in [5, 5.41) is 14.7. The Kier molecular flexibility index (Phi) is 18.0. The fourth-order valence-corrected chi connectivity index (χ4v) is 6.99. The molecule has 11 nitrogen and oxygen atoms in total. The van der Waals surface area contributed by atoms with Crippen molar-refractivity contribution in [2.45, 2.75) is 147 Å². The number of amides is 4. The molecule has 49 heavy (non-hydrogen) atoms. The number of methoxy groups -OCH3 is 1. The van der Waals surface area contributed by atoms with Crippen LogP contribution in [0.4, 0.5) is 0 Å². The summed E-state index contributed by atoms with van der Waals surface area (Å²) in [6.07, 6.45) is 19.2. The molecule has 2 heterocycles. The number of unbranched alkanes of at least 4 members (excludes halogenated alkanes) is 12. The van der Waals surface area contributed by atoms with Gasteiger partial charge in [-0.05, 0) is 49.8 Å². The van der Waals surface area contributed by atoms with Gasteiger partial charge in [0, 0.05) is 25.9 Å². The van der Waals surface area contributed by atoms with Gasteiger partial charge in [-0.2, -0.15) is 0 Å². The zero-order chi connectivity index (χ0) is 35.4. The second-order valence-corrected chi connectivity index (χ2v) is 13.7. The first kappa shape index (κ1) is 39.8. The van der Waals surface area contributed by atoms with Crippen molar-refractivity contribution in [2.75, 3.05) is 26.7 Å². The van der Waals surface area contributed by atoms with Crippen molar-refractivity contribution in [3.63, 3.8) is 0 Å². The Morgan fingerprint density at radius 2 is 1.35 bits per heavy atom. The molecule has 2 fully saturated rings. The third kappa shape index (κ3) is 13.7. The molecular weight excluding hydrogens is 624 g/mol. The normalized spacial score (nSPS) is 17.9. The highest BCUT2D eigenvalue weighted by Gasteiger charge is 2.42. The van der Waals surface area contributed by atoms with Crippen LogP contribution in [0.1, 0.15) is 128 Å². The lowest BCUT2D eigenvalue weighted by molar-refractivity contribution is -0.147. The zero-order valence-corrected chi connectivity index (χ0v) is 29.9. The lowest BCUT2D eigenvalue weighted by atomic mass is 10.0. The number of phenols is 1. The predicted octanol–water partition coefficient (Wildman–Crippen LogP) is 5.17. The van der Waals surface area contributed by atoms with E-state index in [0.29, 0.717) is 44.3 Å². The predicted molar refractivity (Wildman–Crippen MR) is 189 cm³/mol. The number of ether oxygens (including phenoxy) is 1.